The molecule has 1 rings (SSSR count). The van der Waals surface area contributed by atoms with Gasteiger partial charge < -0.3 is 14.2 Å². The van der Waals surface area contributed by atoms with Gasteiger partial charge in [-0.25, -0.2) is 0 Å². The minimum atomic E-state index is 0.560. The molecule has 0 aliphatic rings. The zero-order chi connectivity index (χ0) is 12.3. The fourth-order valence-electron chi connectivity index (χ4n) is 1.35. The van der Waals surface area contributed by atoms with E-state index in [-0.39, 0.29) is 0 Å². The molecule has 0 aliphatic carbocycles. The molecular weight excluding hydrogens is 216 g/mol. The van der Waals surface area contributed by atoms with Crippen molar-refractivity contribution in [3.63, 3.8) is 0 Å². The Labute approximate surface area is 103 Å². The maximum atomic E-state index is 5.53. The molecule has 1 aromatic carbocycles. The SMILES string of the molecule is C=CCc1ccc(OCCOCCOC)cc1. The van der Waals surface area contributed by atoms with Gasteiger partial charge in [-0.15, -0.1) is 6.58 Å². The van der Waals surface area contributed by atoms with Crippen molar-refractivity contribution in [1.82, 2.24) is 0 Å². The van der Waals surface area contributed by atoms with Crippen LogP contribution in [0.15, 0.2) is 36.9 Å². The highest BCUT2D eigenvalue weighted by Crippen LogP contribution is 2.12. The van der Waals surface area contributed by atoms with Crippen LogP contribution in [0.5, 0.6) is 5.75 Å². The molecule has 0 saturated heterocycles. The van der Waals surface area contributed by atoms with Crippen LogP contribution < -0.4 is 4.74 Å². The highest BCUT2D eigenvalue weighted by molar-refractivity contribution is 5.28. The predicted octanol–water partition coefficient (Wildman–Crippen LogP) is 2.46. The lowest BCUT2D eigenvalue weighted by Gasteiger charge is -2.07. The van der Waals surface area contributed by atoms with Crippen LogP contribution in [0.3, 0.4) is 0 Å². The molecule has 3 nitrogen and oxygen atoms in total. The minimum absolute atomic E-state index is 0.560. The maximum Gasteiger partial charge on any atom is 0.119 e. The zero-order valence-electron chi connectivity index (χ0n) is 10.4. The maximum absolute atomic E-state index is 5.53. The van der Waals surface area contributed by atoms with Crippen molar-refractivity contribution in [2.45, 2.75) is 6.42 Å². The molecular formula is C14H20O3. The molecule has 17 heavy (non-hydrogen) atoms. The normalized spacial score (nSPS) is 10.2. The van der Waals surface area contributed by atoms with Gasteiger partial charge in [-0.3, -0.25) is 0 Å². The number of hydrogen-bond donors (Lipinski definition) is 0. The first-order chi connectivity index (χ1) is 8.36. The Morgan fingerprint density at radius 2 is 1.76 bits per heavy atom. The summed E-state index contributed by atoms with van der Waals surface area (Å²) in [5.74, 6) is 0.869. The fraction of sp³-hybridized carbons (Fsp3) is 0.429. The Balaban J connectivity index is 2.16. The van der Waals surface area contributed by atoms with Gasteiger partial charge in [-0.05, 0) is 24.1 Å². The predicted molar refractivity (Wildman–Crippen MR) is 68.5 cm³/mol. The third-order valence-corrected chi connectivity index (χ3v) is 2.23. The van der Waals surface area contributed by atoms with Gasteiger partial charge >= 0.3 is 0 Å². The second-order valence-corrected chi connectivity index (χ2v) is 3.59. The molecule has 94 valence electrons. The number of allylic oxidation sites excluding steroid dienone is 1. The van der Waals surface area contributed by atoms with Crippen LogP contribution >= 0.6 is 0 Å². The molecule has 0 aliphatic heterocycles. The zero-order valence-corrected chi connectivity index (χ0v) is 10.4. The van der Waals surface area contributed by atoms with Crippen LogP contribution in [-0.2, 0) is 15.9 Å². The highest BCUT2D eigenvalue weighted by Gasteiger charge is 1.94. The van der Waals surface area contributed by atoms with Crippen molar-refractivity contribution in [2.75, 3.05) is 33.5 Å². The second-order valence-electron chi connectivity index (χ2n) is 3.59. The Hall–Kier alpha value is -1.32. The third-order valence-electron chi connectivity index (χ3n) is 2.23. The molecule has 0 aromatic heterocycles. The summed E-state index contributed by atoms with van der Waals surface area (Å²) in [6.07, 6.45) is 2.78. The summed E-state index contributed by atoms with van der Waals surface area (Å²) in [6, 6.07) is 8.02. The van der Waals surface area contributed by atoms with Crippen molar-refractivity contribution in [1.29, 1.82) is 0 Å². The Morgan fingerprint density at radius 1 is 1.06 bits per heavy atom. The van der Waals surface area contributed by atoms with E-state index >= 15 is 0 Å². The van der Waals surface area contributed by atoms with E-state index in [1.54, 1.807) is 7.11 Å². The summed E-state index contributed by atoms with van der Waals surface area (Å²) < 4.78 is 15.7. The van der Waals surface area contributed by atoms with Crippen LogP contribution in [0, 0.1) is 0 Å². The summed E-state index contributed by atoms with van der Waals surface area (Å²) in [5, 5.41) is 0. The third kappa shape index (κ3) is 6.09. The number of ether oxygens (including phenoxy) is 3. The number of rotatable bonds is 9. The van der Waals surface area contributed by atoms with E-state index < -0.39 is 0 Å². The first kappa shape index (κ1) is 13.7. The van der Waals surface area contributed by atoms with Crippen molar-refractivity contribution in [3.05, 3.63) is 42.5 Å². The topological polar surface area (TPSA) is 27.7 Å². The van der Waals surface area contributed by atoms with E-state index in [0.29, 0.717) is 26.4 Å². The average Bonchev–Trinajstić information content (AvgIpc) is 2.36. The molecule has 0 N–H and O–H groups in total. The van der Waals surface area contributed by atoms with E-state index in [0.717, 1.165) is 12.2 Å². The lowest BCUT2D eigenvalue weighted by atomic mass is 10.1. The van der Waals surface area contributed by atoms with Gasteiger partial charge in [-0.2, -0.15) is 0 Å². The van der Waals surface area contributed by atoms with E-state index in [4.69, 9.17) is 14.2 Å². The van der Waals surface area contributed by atoms with Gasteiger partial charge in [0.15, 0.2) is 0 Å². The van der Waals surface area contributed by atoms with Crippen molar-refractivity contribution >= 4 is 0 Å². The van der Waals surface area contributed by atoms with E-state index in [1.165, 1.54) is 5.56 Å². The first-order valence-corrected chi connectivity index (χ1v) is 5.76. The molecule has 0 unspecified atom stereocenters. The van der Waals surface area contributed by atoms with Crippen molar-refractivity contribution < 1.29 is 14.2 Å². The number of hydrogen-bond acceptors (Lipinski definition) is 3. The van der Waals surface area contributed by atoms with Crippen LogP contribution in [0.25, 0.3) is 0 Å². The highest BCUT2D eigenvalue weighted by atomic mass is 16.5. The summed E-state index contributed by atoms with van der Waals surface area (Å²) in [6.45, 7) is 6.08. The lowest BCUT2D eigenvalue weighted by Crippen LogP contribution is -2.09. The number of benzene rings is 1. The molecule has 3 heteroatoms. The lowest BCUT2D eigenvalue weighted by molar-refractivity contribution is 0.0544. The largest absolute Gasteiger partial charge is 0.491 e. The van der Waals surface area contributed by atoms with Crippen LogP contribution in [0.4, 0.5) is 0 Å². The Bertz CT molecular complexity index is 306. The summed E-state index contributed by atoms with van der Waals surface area (Å²) in [5.41, 5.74) is 1.24. The molecule has 0 saturated carbocycles. The van der Waals surface area contributed by atoms with Gasteiger partial charge in [0.05, 0.1) is 19.8 Å². The second kappa shape index (κ2) is 8.79. The first-order valence-electron chi connectivity index (χ1n) is 5.76. The van der Waals surface area contributed by atoms with Gasteiger partial charge in [0, 0.05) is 7.11 Å². The summed E-state index contributed by atoms with van der Waals surface area (Å²) in [7, 11) is 1.66. The standard InChI is InChI=1S/C14H20O3/c1-3-4-13-5-7-14(8-6-13)17-12-11-16-10-9-15-2/h3,5-8H,1,4,9-12H2,2H3. The molecule has 0 bridgehead atoms. The van der Waals surface area contributed by atoms with Gasteiger partial charge in [0.2, 0.25) is 0 Å². The summed E-state index contributed by atoms with van der Waals surface area (Å²) >= 11 is 0. The smallest absolute Gasteiger partial charge is 0.119 e. The van der Waals surface area contributed by atoms with E-state index in [9.17, 15) is 0 Å². The Kier molecular flexibility index (Phi) is 7.11. The molecule has 0 amide bonds. The van der Waals surface area contributed by atoms with Crippen molar-refractivity contribution in [3.8, 4) is 5.75 Å². The molecule has 0 fully saturated rings. The van der Waals surface area contributed by atoms with Gasteiger partial charge in [-0.1, -0.05) is 18.2 Å². The van der Waals surface area contributed by atoms with Crippen LogP contribution in [-0.4, -0.2) is 33.5 Å². The quantitative estimate of drug-likeness (QED) is 0.487. The van der Waals surface area contributed by atoms with Crippen LogP contribution in [0.2, 0.25) is 0 Å². The average molecular weight is 236 g/mol. The van der Waals surface area contributed by atoms with Crippen LogP contribution in [0.1, 0.15) is 5.56 Å². The molecule has 0 atom stereocenters. The van der Waals surface area contributed by atoms with E-state index in [1.807, 2.05) is 30.3 Å². The molecule has 1 aromatic rings. The fourth-order valence-corrected chi connectivity index (χ4v) is 1.35. The van der Waals surface area contributed by atoms with Gasteiger partial charge in [0.1, 0.15) is 12.4 Å². The van der Waals surface area contributed by atoms with Crippen molar-refractivity contribution in [2.24, 2.45) is 0 Å². The Morgan fingerprint density at radius 3 is 2.41 bits per heavy atom. The van der Waals surface area contributed by atoms with Gasteiger partial charge in [0.25, 0.3) is 0 Å². The summed E-state index contributed by atoms with van der Waals surface area (Å²) in [4.78, 5) is 0. The number of methoxy groups -OCH3 is 1. The molecule has 0 spiro atoms. The molecule has 0 heterocycles. The monoisotopic (exact) mass is 236 g/mol. The molecule has 0 radical (unpaired) electrons. The minimum Gasteiger partial charge on any atom is -0.491 e. The van der Waals surface area contributed by atoms with E-state index in [2.05, 4.69) is 6.58 Å².